The molecule has 0 saturated carbocycles. The number of hydrogen-bond acceptors (Lipinski definition) is 1. The van der Waals surface area contributed by atoms with Crippen molar-refractivity contribution in [3.05, 3.63) is 83.9 Å². The van der Waals surface area contributed by atoms with Crippen molar-refractivity contribution < 1.29 is 4.79 Å². The van der Waals surface area contributed by atoms with E-state index < -0.39 is 0 Å². The first-order valence-electron chi connectivity index (χ1n) is 6.31. The molecule has 0 saturated heterocycles. The molecule has 0 heterocycles. The number of ketones is 1. The van der Waals surface area contributed by atoms with Gasteiger partial charge in [0.2, 0.25) is 0 Å². The minimum Gasteiger partial charge on any atom is -0.294 e. The normalized spacial score (nSPS) is 10.5. The number of benzene rings is 3. The fourth-order valence-electron chi connectivity index (χ4n) is 2.16. The maximum atomic E-state index is 12.2. The van der Waals surface area contributed by atoms with Gasteiger partial charge in [0, 0.05) is 18.1 Å². The fourth-order valence-corrected chi connectivity index (χ4v) is 2.16. The van der Waals surface area contributed by atoms with E-state index in [1.807, 2.05) is 66.7 Å². The SMILES string of the molecule is O=C(Cc1ccccc1)c1[c]c2ccccc2cc1. The summed E-state index contributed by atoms with van der Waals surface area (Å²) in [6, 6.07) is 24.8. The van der Waals surface area contributed by atoms with E-state index in [4.69, 9.17) is 0 Å². The van der Waals surface area contributed by atoms with Gasteiger partial charge in [-0.15, -0.1) is 0 Å². The highest BCUT2D eigenvalue weighted by Crippen LogP contribution is 2.16. The van der Waals surface area contributed by atoms with Crippen LogP contribution in [0, 0.1) is 6.07 Å². The third-order valence-corrected chi connectivity index (χ3v) is 3.17. The van der Waals surface area contributed by atoms with Crippen LogP contribution in [0.4, 0.5) is 0 Å². The molecule has 0 atom stereocenters. The molecule has 0 aliphatic heterocycles. The first-order chi connectivity index (χ1) is 9.33. The third kappa shape index (κ3) is 2.55. The van der Waals surface area contributed by atoms with Crippen molar-refractivity contribution in [1.82, 2.24) is 0 Å². The Morgan fingerprint density at radius 1 is 0.842 bits per heavy atom. The summed E-state index contributed by atoms with van der Waals surface area (Å²) < 4.78 is 0. The number of carbonyl (C=O) groups excluding carboxylic acids is 1. The molecule has 0 aliphatic rings. The van der Waals surface area contributed by atoms with E-state index in [9.17, 15) is 4.79 Å². The largest absolute Gasteiger partial charge is 0.294 e. The van der Waals surface area contributed by atoms with E-state index in [0.717, 1.165) is 16.3 Å². The molecule has 0 N–H and O–H groups in total. The zero-order valence-electron chi connectivity index (χ0n) is 10.5. The molecule has 3 aromatic carbocycles. The molecule has 0 fully saturated rings. The summed E-state index contributed by atoms with van der Waals surface area (Å²) >= 11 is 0. The fraction of sp³-hybridized carbons (Fsp3) is 0.0556. The van der Waals surface area contributed by atoms with Gasteiger partial charge in [0.25, 0.3) is 0 Å². The van der Waals surface area contributed by atoms with Gasteiger partial charge in [-0.2, -0.15) is 0 Å². The highest BCUT2D eigenvalue weighted by atomic mass is 16.1. The molecule has 19 heavy (non-hydrogen) atoms. The first kappa shape index (κ1) is 11.7. The first-order valence-corrected chi connectivity index (χ1v) is 6.31. The van der Waals surface area contributed by atoms with Crippen molar-refractivity contribution >= 4 is 16.6 Å². The molecular weight excluding hydrogens is 232 g/mol. The number of carbonyl (C=O) groups is 1. The highest BCUT2D eigenvalue weighted by molar-refractivity contribution is 6.00. The molecule has 0 unspecified atom stereocenters. The molecule has 91 valence electrons. The van der Waals surface area contributed by atoms with Crippen LogP contribution in [0.3, 0.4) is 0 Å². The number of Topliss-reactive ketones (excluding diaryl/α,β-unsaturated/α-hetero) is 1. The number of rotatable bonds is 3. The molecule has 1 nitrogen and oxygen atoms in total. The second kappa shape index (κ2) is 5.07. The van der Waals surface area contributed by atoms with Gasteiger partial charge in [-0.3, -0.25) is 4.79 Å². The zero-order chi connectivity index (χ0) is 13.1. The second-order valence-electron chi connectivity index (χ2n) is 4.54. The summed E-state index contributed by atoms with van der Waals surface area (Å²) in [5.74, 6) is 0.108. The van der Waals surface area contributed by atoms with Crippen molar-refractivity contribution in [2.75, 3.05) is 0 Å². The highest BCUT2D eigenvalue weighted by Gasteiger charge is 2.07. The van der Waals surface area contributed by atoms with Crippen LogP contribution in [-0.4, -0.2) is 5.78 Å². The predicted octanol–water partition coefficient (Wildman–Crippen LogP) is 4.07. The van der Waals surface area contributed by atoms with Crippen LogP contribution >= 0.6 is 0 Å². The summed E-state index contributed by atoms with van der Waals surface area (Å²) in [5, 5.41) is 2.10. The standard InChI is InChI=1S/C18H13O/c19-18(12-14-6-2-1-3-7-14)17-11-10-15-8-4-5-9-16(15)13-17/h1-11H,12H2. The lowest BCUT2D eigenvalue weighted by Crippen LogP contribution is -2.03. The molecule has 0 bridgehead atoms. The maximum Gasteiger partial charge on any atom is 0.167 e. The van der Waals surface area contributed by atoms with Crippen LogP contribution < -0.4 is 0 Å². The van der Waals surface area contributed by atoms with Gasteiger partial charge in [0.1, 0.15) is 0 Å². The van der Waals surface area contributed by atoms with Crippen LogP contribution in [0.25, 0.3) is 10.8 Å². The molecule has 0 aliphatic carbocycles. The summed E-state index contributed by atoms with van der Waals surface area (Å²) in [5.41, 5.74) is 1.69. The topological polar surface area (TPSA) is 17.1 Å². The van der Waals surface area contributed by atoms with Gasteiger partial charge in [-0.1, -0.05) is 66.7 Å². The van der Waals surface area contributed by atoms with Crippen molar-refractivity contribution in [2.24, 2.45) is 0 Å². The quantitative estimate of drug-likeness (QED) is 0.636. The van der Waals surface area contributed by atoms with Crippen LogP contribution in [0.2, 0.25) is 0 Å². The molecule has 3 rings (SSSR count). The van der Waals surface area contributed by atoms with Crippen molar-refractivity contribution in [1.29, 1.82) is 0 Å². The molecule has 1 radical (unpaired) electrons. The van der Waals surface area contributed by atoms with Gasteiger partial charge < -0.3 is 0 Å². The Hall–Kier alpha value is -2.41. The zero-order valence-corrected chi connectivity index (χ0v) is 10.5. The van der Waals surface area contributed by atoms with Crippen LogP contribution in [0.15, 0.2) is 66.7 Å². The maximum absolute atomic E-state index is 12.2. The third-order valence-electron chi connectivity index (χ3n) is 3.17. The lowest BCUT2D eigenvalue weighted by atomic mass is 10.00. The number of hydrogen-bond donors (Lipinski definition) is 0. The van der Waals surface area contributed by atoms with E-state index in [2.05, 4.69) is 6.07 Å². The van der Waals surface area contributed by atoms with E-state index in [0.29, 0.717) is 12.0 Å². The number of fused-ring (bicyclic) bond motifs is 1. The molecule has 0 spiro atoms. The lowest BCUT2D eigenvalue weighted by Gasteiger charge is -2.03. The Bertz CT molecular complexity index is 714. The Balaban J connectivity index is 1.89. The summed E-state index contributed by atoms with van der Waals surface area (Å²) in [6.45, 7) is 0. The molecular formula is C18H13O. The van der Waals surface area contributed by atoms with Gasteiger partial charge in [0.15, 0.2) is 5.78 Å². The lowest BCUT2D eigenvalue weighted by molar-refractivity contribution is 0.0993. The van der Waals surface area contributed by atoms with Crippen molar-refractivity contribution in [2.45, 2.75) is 6.42 Å². The van der Waals surface area contributed by atoms with Crippen LogP contribution in [0.5, 0.6) is 0 Å². The van der Waals surface area contributed by atoms with Gasteiger partial charge in [-0.05, 0) is 16.3 Å². The summed E-state index contributed by atoms with van der Waals surface area (Å²) in [4.78, 5) is 12.2. The smallest absolute Gasteiger partial charge is 0.167 e. The second-order valence-corrected chi connectivity index (χ2v) is 4.54. The molecule has 3 aromatic rings. The van der Waals surface area contributed by atoms with Crippen LogP contribution in [0.1, 0.15) is 15.9 Å². The Morgan fingerprint density at radius 3 is 2.42 bits per heavy atom. The van der Waals surface area contributed by atoms with E-state index in [-0.39, 0.29) is 5.78 Å². The Labute approximate surface area is 112 Å². The van der Waals surface area contributed by atoms with E-state index >= 15 is 0 Å². The van der Waals surface area contributed by atoms with Crippen LogP contribution in [-0.2, 0) is 6.42 Å². The average Bonchev–Trinajstić information content (AvgIpc) is 2.48. The van der Waals surface area contributed by atoms with E-state index in [1.54, 1.807) is 0 Å². The molecule has 0 aromatic heterocycles. The summed E-state index contributed by atoms with van der Waals surface area (Å²) in [6.07, 6.45) is 0.426. The monoisotopic (exact) mass is 245 g/mol. The Kier molecular flexibility index (Phi) is 3.11. The van der Waals surface area contributed by atoms with Crippen molar-refractivity contribution in [3.8, 4) is 0 Å². The predicted molar refractivity (Wildman–Crippen MR) is 77.3 cm³/mol. The summed E-state index contributed by atoms with van der Waals surface area (Å²) in [7, 11) is 0. The van der Waals surface area contributed by atoms with Gasteiger partial charge >= 0.3 is 0 Å². The minimum absolute atomic E-state index is 0.108. The van der Waals surface area contributed by atoms with Gasteiger partial charge in [0.05, 0.1) is 0 Å². The Morgan fingerprint density at radius 2 is 1.58 bits per heavy atom. The molecule has 0 amide bonds. The molecule has 1 heteroatoms. The van der Waals surface area contributed by atoms with Gasteiger partial charge in [-0.25, -0.2) is 0 Å². The van der Waals surface area contributed by atoms with Crippen molar-refractivity contribution in [3.63, 3.8) is 0 Å². The minimum atomic E-state index is 0.108. The average molecular weight is 245 g/mol. The van der Waals surface area contributed by atoms with E-state index in [1.165, 1.54) is 0 Å².